The van der Waals surface area contributed by atoms with Crippen molar-refractivity contribution in [2.24, 2.45) is 0 Å². The van der Waals surface area contributed by atoms with E-state index >= 15 is 0 Å². The first-order valence-electron chi connectivity index (χ1n) is 6.76. The summed E-state index contributed by atoms with van der Waals surface area (Å²) in [4.78, 5) is 1.97. The zero-order valence-electron chi connectivity index (χ0n) is 11.9. The topological polar surface area (TPSA) is 35.5 Å². The number of rotatable bonds is 5. The van der Waals surface area contributed by atoms with Crippen molar-refractivity contribution in [2.45, 2.75) is 31.4 Å². The molecule has 0 saturated carbocycles. The highest BCUT2D eigenvalue weighted by atomic mass is 19.1. The number of aryl methyl sites for hydroxylation is 1. The smallest absolute Gasteiger partial charge is 0.123 e. The highest BCUT2D eigenvalue weighted by Crippen LogP contribution is 2.31. The first-order valence-corrected chi connectivity index (χ1v) is 6.76. The maximum absolute atomic E-state index is 13.1. The molecule has 0 saturated heterocycles. The normalized spacial score (nSPS) is 21.5. The standard InChI is InChI=1S/C15H23FN2O/c1-15(19,10-18(2)3)9-17-14-7-4-11-8-12(16)5-6-13(11)14/h5-6,8,14,17,19H,4,7,9-10H2,1-3H3. The van der Waals surface area contributed by atoms with Crippen LogP contribution in [0.4, 0.5) is 4.39 Å². The van der Waals surface area contributed by atoms with Crippen LogP contribution in [-0.4, -0.2) is 42.8 Å². The molecule has 1 aliphatic rings. The average molecular weight is 266 g/mol. The van der Waals surface area contributed by atoms with Crippen LogP contribution in [0.25, 0.3) is 0 Å². The number of likely N-dealkylation sites (N-methyl/N-ethyl adjacent to an activating group) is 1. The van der Waals surface area contributed by atoms with Gasteiger partial charge >= 0.3 is 0 Å². The molecule has 1 aromatic rings. The minimum Gasteiger partial charge on any atom is -0.388 e. The van der Waals surface area contributed by atoms with Crippen molar-refractivity contribution in [3.63, 3.8) is 0 Å². The molecular weight excluding hydrogens is 243 g/mol. The number of fused-ring (bicyclic) bond motifs is 1. The van der Waals surface area contributed by atoms with Gasteiger partial charge in [0.1, 0.15) is 5.82 Å². The molecule has 2 atom stereocenters. The number of hydrogen-bond acceptors (Lipinski definition) is 3. The monoisotopic (exact) mass is 266 g/mol. The Kier molecular flexibility index (Phi) is 4.23. The van der Waals surface area contributed by atoms with Crippen LogP contribution in [0.15, 0.2) is 18.2 Å². The molecule has 106 valence electrons. The van der Waals surface area contributed by atoms with Crippen molar-refractivity contribution in [1.29, 1.82) is 0 Å². The van der Waals surface area contributed by atoms with Crippen molar-refractivity contribution in [3.05, 3.63) is 35.1 Å². The quantitative estimate of drug-likeness (QED) is 0.852. The van der Waals surface area contributed by atoms with Gasteiger partial charge in [0, 0.05) is 19.1 Å². The van der Waals surface area contributed by atoms with Gasteiger partial charge in [0.2, 0.25) is 0 Å². The molecule has 0 spiro atoms. The lowest BCUT2D eigenvalue weighted by Crippen LogP contribution is -2.46. The fourth-order valence-electron chi connectivity index (χ4n) is 2.88. The van der Waals surface area contributed by atoms with Crippen LogP contribution < -0.4 is 5.32 Å². The van der Waals surface area contributed by atoms with Crippen LogP contribution in [-0.2, 0) is 6.42 Å². The first-order chi connectivity index (χ1) is 8.87. The number of hydrogen-bond donors (Lipinski definition) is 2. The average Bonchev–Trinajstić information content (AvgIpc) is 2.67. The van der Waals surface area contributed by atoms with E-state index in [1.165, 1.54) is 11.6 Å². The molecule has 0 aliphatic heterocycles. The van der Waals surface area contributed by atoms with E-state index in [4.69, 9.17) is 0 Å². The second-order valence-corrected chi connectivity index (χ2v) is 6.05. The first kappa shape index (κ1) is 14.4. The van der Waals surface area contributed by atoms with E-state index in [1.54, 1.807) is 6.07 Å². The van der Waals surface area contributed by atoms with Crippen LogP contribution in [0.5, 0.6) is 0 Å². The zero-order valence-corrected chi connectivity index (χ0v) is 11.9. The molecule has 3 nitrogen and oxygen atoms in total. The van der Waals surface area contributed by atoms with Gasteiger partial charge in [-0.2, -0.15) is 0 Å². The summed E-state index contributed by atoms with van der Waals surface area (Å²) in [7, 11) is 3.89. The molecule has 0 bridgehead atoms. The van der Waals surface area contributed by atoms with E-state index in [-0.39, 0.29) is 11.9 Å². The fourth-order valence-corrected chi connectivity index (χ4v) is 2.88. The summed E-state index contributed by atoms with van der Waals surface area (Å²) < 4.78 is 13.1. The molecule has 2 N–H and O–H groups in total. The molecule has 0 radical (unpaired) electrons. The van der Waals surface area contributed by atoms with Crippen molar-refractivity contribution in [2.75, 3.05) is 27.2 Å². The van der Waals surface area contributed by atoms with Gasteiger partial charge in [0.15, 0.2) is 0 Å². The summed E-state index contributed by atoms with van der Waals surface area (Å²) >= 11 is 0. The van der Waals surface area contributed by atoms with Crippen molar-refractivity contribution in [3.8, 4) is 0 Å². The molecular formula is C15H23FN2O. The number of benzene rings is 1. The van der Waals surface area contributed by atoms with E-state index in [9.17, 15) is 9.50 Å². The maximum Gasteiger partial charge on any atom is 0.123 e. The second kappa shape index (κ2) is 5.57. The van der Waals surface area contributed by atoms with Gasteiger partial charge in [-0.25, -0.2) is 4.39 Å². The summed E-state index contributed by atoms with van der Waals surface area (Å²) in [6.45, 7) is 2.98. The Hall–Kier alpha value is -0.970. The number of aliphatic hydroxyl groups is 1. The predicted octanol–water partition coefficient (Wildman–Crippen LogP) is 1.72. The van der Waals surface area contributed by atoms with Crippen LogP contribution in [0, 0.1) is 5.82 Å². The van der Waals surface area contributed by atoms with E-state index < -0.39 is 5.60 Å². The Morgan fingerprint density at radius 1 is 1.47 bits per heavy atom. The summed E-state index contributed by atoms with van der Waals surface area (Å²) in [6.07, 6.45) is 1.87. The minimum absolute atomic E-state index is 0.168. The van der Waals surface area contributed by atoms with E-state index in [0.29, 0.717) is 13.1 Å². The minimum atomic E-state index is -0.758. The van der Waals surface area contributed by atoms with Gasteiger partial charge in [0.25, 0.3) is 0 Å². The zero-order chi connectivity index (χ0) is 14.0. The molecule has 0 amide bonds. The highest BCUT2D eigenvalue weighted by Gasteiger charge is 2.26. The molecule has 0 aromatic heterocycles. The molecule has 0 fully saturated rings. The van der Waals surface area contributed by atoms with Gasteiger partial charge in [-0.15, -0.1) is 0 Å². The molecule has 4 heteroatoms. The number of halogens is 1. The van der Waals surface area contributed by atoms with Crippen molar-refractivity contribution < 1.29 is 9.50 Å². The maximum atomic E-state index is 13.1. The van der Waals surface area contributed by atoms with Crippen molar-refractivity contribution in [1.82, 2.24) is 10.2 Å². The molecule has 2 rings (SSSR count). The Labute approximate surface area is 114 Å². The summed E-state index contributed by atoms with van der Waals surface area (Å²) in [5.41, 5.74) is 1.50. The summed E-state index contributed by atoms with van der Waals surface area (Å²) in [6, 6.07) is 5.21. The molecule has 2 unspecified atom stereocenters. The Morgan fingerprint density at radius 2 is 2.21 bits per heavy atom. The van der Waals surface area contributed by atoms with E-state index in [0.717, 1.165) is 18.4 Å². The predicted molar refractivity (Wildman–Crippen MR) is 74.6 cm³/mol. The van der Waals surface area contributed by atoms with Crippen LogP contribution in [0.2, 0.25) is 0 Å². The van der Waals surface area contributed by atoms with Gasteiger partial charge in [0.05, 0.1) is 5.60 Å². The second-order valence-electron chi connectivity index (χ2n) is 6.05. The molecule has 0 heterocycles. The molecule has 1 aromatic carbocycles. The van der Waals surface area contributed by atoms with E-state index in [2.05, 4.69) is 5.32 Å². The molecule has 1 aliphatic carbocycles. The lowest BCUT2D eigenvalue weighted by molar-refractivity contribution is 0.0313. The SMILES string of the molecule is CN(C)CC(C)(O)CNC1CCc2cc(F)ccc21. The van der Waals surface area contributed by atoms with E-state index in [1.807, 2.05) is 32.0 Å². The van der Waals surface area contributed by atoms with Crippen molar-refractivity contribution >= 4 is 0 Å². The van der Waals surface area contributed by atoms with Gasteiger partial charge in [-0.05, 0) is 57.1 Å². The van der Waals surface area contributed by atoms with Gasteiger partial charge < -0.3 is 15.3 Å². The molecule has 19 heavy (non-hydrogen) atoms. The third-order valence-electron chi connectivity index (χ3n) is 3.57. The Morgan fingerprint density at radius 3 is 2.89 bits per heavy atom. The number of nitrogens with zero attached hydrogens (tertiary/aromatic N) is 1. The lowest BCUT2D eigenvalue weighted by atomic mass is 10.0. The van der Waals surface area contributed by atoms with Crippen LogP contribution in [0.3, 0.4) is 0 Å². The number of nitrogens with one attached hydrogen (secondary N) is 1. The van der Waals surface area contributed by atoms with Crippen LogP contribution >= 0.6 is 0 Å². The Balaban J connectivity index is 1.96. The Bertz CT molecular complexity index is 446. The lowest BCUT2D eigenvalue weighted by Gasteiger charge is -2.29. The summed E-state index contributed by atoms with van der Waals surface area (Å²) in [5, 5.41) is 13.7. The van der Waals surface area contributed by atoms with Gasteiger partial charge in [-0.1, -0.05) is 6.07 Å². The summed E-state index contributed by atoms with van der Waals surface area (Å²) in [5.74, 6) is -0.168. The van der Waals surface area contributed by atoms with Crippen LogP contribution in [0.1, 0.15) is 30.5 Å². The highest BCUT2D eigenvalue weighted by molar-refractivity contribution is 5.34. The fraction of sp³-hybridized carbons (Fsp3) is 0.600. The largest absolute Gasteiger partial charge is 0.388 e. The van der Waals surface area contributed by atoms with Gasteiger partial charge in [-0.3, -0.25) is 0 Å². The third-order valence-corrected chi connectivity index (χ3v) is 3.57. The third kappa shape index (κ3) is 3.75.